The quantitative estimate of drug-likeness (QED) is 0.631. The molecule has 0 aliphatic heterocycles. The first-order valence-corrected chi connectivity index (χ1v) is 7.08. The molecule has 0 aliphatic carbocycles. The lowest BCUT2D eigenvalue weighted by Gasteiger charge is -2.05. The van der Waals surface area contributed by atoms with Gasteiger partial charge in [-0.25, -0.2) is 0 Å². The van der Waals surface area contributed by atoms with Gasteiger partial charge in [-0.15, -0.1) is 0 Å². The summed E-state index contributed by atoms with van der Waals surface area (Å²) in [5.74, 6) is 12.0. The molecule has 1 atom stereocenters. The van der Waals surface area contributed by atoms with Crippen LogP contribution >= 0.6 is 0 Å². The Bertz CT molecular complexity index is 511. The summed E-state index contributed by atoms with van der Waals surface area (Å²) in [7, 11) is 1.60. The van der Waals surface area contributed by atoms with E-state index in [1.165, 1.54) is 19.3 Å². The molecule has 1 N–H and O–H groups in total. The van der Waals surface area contributed by atoms with E-state index in [0.717, 1.165) is 18.4 Å². The van der Waals surface area contributed by atoms with Crippen molar-refractivity contribution in [2.75, 3.05) is 7.11 Å². The minimum atomic E-state index is -0.820. The minimum absolute atomic E-state index is 0.713. The van der Waals surface area contributed by atoms with E-state index in [1.807, 2.05) is 18.2 Å². The molecule has 20 heavy (non-hydrogen) atoms. The van der Waals surface area contributed by atoms with Crippen LogP contribution < -0.4 is 4.74 Å². The summed E-state index contributed by atoms with van der Waals surface area (Å²) in [6.07, 6.45) is 4.91. The van der Waals surface area contributed by atoms with Gasteiger partial charge in [0.2, 0.25) is 0 Å². The Balaban J connectivity index is 2.44. The molecule has 0 spiro atoms. The summed E-state index contributed by atoms with van der Waals surface area (Å²) >= 11 is 0. The third-order valence-corrected chi connectivity index (χ3v) is 2.92. The number of aliphatic hydroxyl groups excluding tert-OH is 1. The normalized spacial score (nSPS) is 10.8. The maximum absolute atomic E-state index is 9.92. The van der Waals surface area contributed by atoms with E-state index < -0.39 is 6.10 Å². The van der Waals surface area contributed by atoms with E-state index in [-0.39, 0.29) is 0 Å². The third kappa shape index (κ3) is 6.32. The molecule has 106 valence electrons. The fraction of sp³-hybridized carbons (Fsp3) is 0.444. The molecular formula is C18H22O2. The molecule has 0 amide bonds. The lowest BCUT2D eigenvalue weighted by molar-refractivity contribution is 0.238. The van der Waals surface area contributed by atoms with Crippen LogP contribution in [0.1, 0.15) is 50.7 Å². The zero-order chi connectivity index (χ0) is 14.6. The number of methoxy groups -OCH3 is 1. The minimum Gasteiger partial charge on any atom is -0.497 e. The van der Waals surface area contributed by atoms with Crippen LogP contribution in [-0.2, 0) is 0 Å². The number of hydrogen-bond donors (Lipinski definition) is 1. The largest absolute Gasteiger partial charge is 0.497 e. The van der Waals surface area contributed by atoms with Crippen LogP contribution in [0.25, 0.3) is 0 Å². The number of aliphatic hydroxyl groups is 1. The molecule has 0 saturated heterocycles. The van der Waals surface area contributed by atoms with Crippen molar-refractivity contribution >= 4 is 0 Å². The van der Waals surface area contributed by atoms with Gasteiger partial charge in [0.25, 0.3) is 0 Å². The molecule has 0 aromatic heterocycles. The van der Waals surface area contributed by atoms with Crippen LogP contribution in [-0.4, -0.2) is 12.2 Å². The fourth-order valence-electron chi connectivity index (χ4n) is 1.75. The predicted molar refractivity (Wildman–Crippen MR) is 82.3 cm³/mol. The first-order chi connectivity index (χ1) is 9.77. The highest BCUT2D eigenvalue weighted by atomic mass is 16.5. The van der Waals surface area contributed by atoms with E-state index in [1.54, 1.807) is 13.2 Å². The van der Waals surface area contributed by atoms with E-state index in [9.17, 15) is 5.11 Å². The van der Waals surface area contributed by atoms with Crippen molar-refractivity contribution in [2.24, 2.45) is 0 Å². The molecule has 0 saturated carbocycles. The first-order valence-electron chi connectivity index (χ1n) is 7.08. The average molecular weight is 270 g/mol. The standard InChI is InChI=1S/C18H22O2/c1-3-4-5-6-7-8-9-10-14-18(19)16-12-11-13-17(15-16)20-2/h11-13,15,18-19H,3-7H2,1-2H3/t18-/m1/s1. The summed E-state index contributed by atoms with van der Waals surface area (Å²) in [5, 5.41) is 9.92. The monoisotopic (exact) mass is 270 g/mol. The molecule has 1 aromatic carbocycles. The van der Waals surface area contributed by atoms with Crippen LogP contribution in [0.15, 0.2) is 24.3 Å². The molecule has 0 radical (unpaired) electrons. The Labute approximate surface area is 122 Å². The highest BCUT2D eigenvalue weighted by molar-refractivity contribution is 5.35. The Kier molecular flexibility index (Phi) is 8.04. The number of ether oxygens (including phenoxy) is 1. The lowest BCUT2D eigenvalue weighted by Crippen LogP contribution is -1.94. The molecule has 0 fully saturated rings. The SMILES string of the molecule is CCCCCCC#CC#C[C@@H](O)c1cccc(OC)c1. The molecule has 1 aromatic rings. The van der Waals surface area contributed by atoms with Gasteiger partial charge in [-0.2, -0.15) is 0 Å². The van der Waals surface area contributed by atoms with Crippen LogP contribution in [0.5, 0.6) is 5.75 Å². The molecule has 2 heteroatoms. The second kappa shape index (κ2) is 9.96. The van der Waals surface area contributed by atoms with Gasteiger partial charge in [-0.05, 0) is 36.0 Å². The zero-order valence-corrected chi connectivity index (χ0v) is 12.3. The van der Waals surface area contributed by atoms with Gasteiger partial charge in [0.15, 0.2) is 0 Å². The Morgan fingerprint density at radius 3 is 2.80 bits per heavy atom. The molecule has 0 unspecified atom stereocenters. The highest BCUT2D eigenvalue weighted by Gasteiger charge is 2.03. The summed E-state index contributed by atoms with van der Waals surface area (Å²) in [4.78, 5) is 0. The number of benzene rings is 1. The first kappa shape index (κ1) is 16.2. The molecule has 1 rings (SSSR count). The van der Waals surface area contributed by atoms with Gasteiger partial charge < -0.3 is 9.84 Å². The predicted octanol–water partition coefficient (Wildman–Crippen LogP) is 3.71. The fourth-order valence-corrected chi connectivity index (χ4v) is 1.75. The van der Waals surface area contributed by atoms with E-state index in [2.05, 4.69) is 30.6 Å². The van der Waals surface area contributed by atoms with Crippen molar-refractivity contribution in [3.63, 3.8) is 0 Å². The lowest BCUT2D eigenvalue weighted by atomic mass is 10.1. The van der Waals surface area contributed by atoms with Gasteiger partial charge in [0.05, 0.1) is 7.11 Å². The number of hydrogen-bond acceptors (Lipinski definition) is 2. The van der Waals surface area contributed by atoms with Gasteiger partial charge in [-0.3, -0.25) is 0 Å². The highest BCUT2D eigenvalue weighted by Crippen LogP contribution is 2.18. The second-order valence-corrected chi connectivity index (χ2v) is 4.56. The second-order valence-electron chi connectivity index (χ2n) is 4.56. The topological polar surface area (TPSA) is 29.5 Å². The summed E-state index contributed by atoms with van der Waals surface area (Å²) in [5.41, 5.74) is 0.724. The van der Waals surface area contributed by atoms with Crippen LogP contribution in [0.2, 0.25) is 0 Å². The smallest absolute Gasteiger partial charge is 0.141 e. The summed E-state index contributed by atoms with van der Waals surface area (Å²) in [6, 6.07) is 7.26. The Morgan fingerprint density at radius 1 is 1.20 bits per heavy atom. The van der Waals surface area contributed by atoms with Crippen molar-refractivity contribution < 1.29 is 9.84 Å². The van der Waals surface area contributed by atoms with E-state index in [4.69, 9.17) is 4.74 Å². The number of unbranched alkanes of at least 4 members (excludes halogenated alkanes) is 4. The molecule has 0 heterocycles. The van der Waals surface area contributed by atoms with Crippen molar-refractivity contribution in [2.45, 2.75) is 45.1 Å². The van der Waals surface area contributed by atoms with Crippen LogP contribution in [0.4, 0.5) is 0 Å². The molecule has 2 nitrogen and oxygen atoms in total. The molecule has 0 aliphatic rings. The molecular weight excluding hydrogens is 248 g/mol. The van der Waals surface area contributed by atoms with Gasteiger partial charge in [-0.1, -0.05) is 50.2 Å². The van der Waals surface area contributed by atoms with Gasteiger partial charge in [0.1, 0.15) is 11.9 Å². The van der Waals surface area contributed by atoms with Crippen molar-refractivity contribution in [3.8, 4) is 29.4 Å². The van der Waals surface area contributed by atoms with Gasteiger partial charge >= 0.3 is 0 Å². The Hall–Kier alpha value is -1.90. The average Bonchev–Trinajstić information content (AvgIpc) is 2.49. The van der Waals surface area contributed by atoms with Crippen LogP contribution in [0.3, 0.4) is 0 Å². The van der Waals surface area contributed by atoms with Crippen molar-refractivity contribution in [1.29, 1.82) is 0 Å². The Morgan fingerprint density at radius 2 is 2.05 bits per heavy atom. The number of rotatable bonds is 6. The zero-order valence-electron chi connectivity index (χ0n) is 12.3. The van der Waals surface area contributed by atoms with E-state index >= 15 is 0 Å². The van der Waals surface area contributed by atoms with Gasteiger partial charge in [0, 0.05) is 6.42 Å². The maximum Gasteiger partial charge on any atom is 0.141 e. The maximum atomic E-state index is 9.92. The van der Waals surface area contributed by atoms with Crippen molar-refractivity contribution in [1.82, 2.24) is 0 Å². The molecule has 0 bridgehead atoms. The van der Waals surface area contributed by atoms with Crippen LogP contribution in [0, 0.1) is 23.7 Å². The third-order valence-electron chi connectivity index (χ3n) is 2.92. The van der Waals surface area contributed by atoms with E-state index in [0.29, 0.717) is 5.75 Å². The summed E-state index contributed by atoms with van der Waals surface area (Å²) < 4.78 is 5.11. The van der Waals surface area contributed by atoms with Crippen molar-refractivity contribution in [3.05, 3.63) is 29.8 Å². The summed E-state index contributed by atoms with van der Waals surface area (Å²) in [6.45, 7) is 2.19.